The second kappa shape index (κ2) is 7.97. The van der Waals surface area contributed by atoms with Gasteiger partial charge in [-0.25, -0.2) is 4.39 Å². The quantitative estimate of drug-likeness (QED) is 0.469. The Morgan fingerprint density at radius 2 is 1.91 bits per heavy atom. The van der Waals surface area contributed by atoms with Crippen LogP contribution in [-0.4, -0.2) is 28.5 Å². The number of fused-ring (bicyclic) bond motifs is 4. The molecule has 2 aliphatic rings. The lowest BCUT2D eigenvalue weighted by Gasteiger charge is -2.42. The highest BCUT2D eigenvalue weighted by molar-refractivity contribution is 6.01. The number of aromatic nitrogens is 1. The minimum atomic E-state index is -0.339. The number of pyridine rings is 1. The van der Waals surface area contributed by atoms with Crippen LogP contribution in [0, 0.1) is 23.1 Å². The molecule has 1 aromatic carbocycles. The van der Waals surface area contributed by atoms with E-state index in [9.17, 15) is 19.2 Å². The highest BCUT2D eigenvalue weighted by Gasteiger charge is 2.37. The molecular weight excluding hydrogens is 409 g/mol. The van der Waals surface area contributed by atoms with E-state index >= 15 is 0 Å². The molecule has 0 N–H and O–H groups in total. The second-order valence-electron chi connectivity index (χ2n) is 8.29. The summed E-state index contributed by atoms with van der Waals surface area (Å²) in [7, 11) is 0. The third-order valence-corrected chi connectivity index (χ3v) is 6.16. The van der Waals surface area contributed by atoms with Crippen LogP contribution in [0.1, 0.15) is 23.8 Å². The van der Waals surface area contributed by atoms with Crippen LogP contribution in [0.2, 0.25) is 0 Å². The topological polar surface area (TPSA) is 79.2 Å². The van der Waals surface area contributed by atoms with Crippen LogP contribution in [0.5, 0.6) is 0 Å². The van der Waals surface area contributed by atoms with Gasteiger partial charge in [0, 0.05) is 49.0 Å². The predicted molar refractivity (Wildman–Crippen MR) is 116 cm³/mol. The van der Waals surface area contributed by atoms with Gasteiger partial charge in [-0.15, -0.1) is 0 Å². The minimum Gasteiger partial charge on any atom is -0.457 e. The second-order valence-corrected chi connectivity index (χ2v) is 8.29. The Morgan fingerprint density at radius 3 is 2.69 bits per heavy atom. The van der Waals surface area contributed by atoms with Crippen LogP contribution in [0.15, 0.2) is 69.4 Å². The number of nitriles is 1. The number of nitrogens with zero attached hydrogens (tertiary/aromatic N) is 3. The van der Waals surface area contributed by atoms with Gasteiger partial charge in [0.05, 0.1) is 0 Å². The summed E-state index contributed by atoms with van der Waals surface area (Å²) in [5, 5.41) is 9.65. The van der Waals surface area contributed by atoms with Crippen LogP contribution >= 0.6 is 0 Å². The molecule has 0 radical (unpaired) electrons. The molecule has 4 heterocycles. The maximum atomic E-state index is 13.1. The third-order valence-electron chi connectivity index (χ3n) is 6.16. The van der Waals surface area contributed by atoms with Crippen LogP contribution in [-0.2, 0) is 11.3 Å². The largest absolute Gasteiger partial charge is 0.457 e. The zero-order valence-electron chi connectivity index (χ0n) is 17.2. The van der Waals surface area contributed by atoms with Gasteiger partial charge in [0.25, 0.3) is 11.5 Å². The fraction of sp³-hybridized carbons (Fsp3) is 0.240. The van der Waals surface area contributed by atoms with Gasteiger partial charge in [-0.1, -0.05) is 6.07 Å². The number of furan rings is 1. The van der Waals surface area contributed by atoms with Crippen molar-refractivity contribution in [2.24, 2.45) is 5.92 Å². The SMILES string of the molecule is N#CC(=Cc1ccc(-c2ccc(F)cc2)o1)C(=O)N1CC2CC(C1)c1cccc(=O)n1C2. The molecule has 0 aliphatic carbocycles. The standard InChI is InChI=1S/C25H20FN3O3/c26-20-6-4-17(5-7-20)23-9-8-21(32-23)11-18(12-27)25(31)28-13-16-10-19(15-28)22-2-1-3-24(30)29(22)14-16/h1-9,11,16,19H,10,13-15H2. The van der Waals surface area contributed by atoms with E-state index in [0.717, 1.165) is 12.1 Å². The summed E-state index contributed by atoms with van der Waals surface area (Å²) >= 11 is 0. The van der Waals surface area contributed by atoms with E-state index in [0.29, 0.717) is 36.7 Å². The van der Waals surface area contributed by atoms with Crippen LogP contribution in [0.25, 0.3) is 17.4 Å². The first-order chi connectivity index (χ1) is 15.5. The van der Waals surface area contributed by atoms with Crippen molar-refractivity contribution in [3.05, 3.63) is 87.8 Å². The van der Waals surface area contributed by atoms with Crippen LogP contribution < -0.4 is 5.56 Å². The number of benzene rings is 1. The first-order valence-corrected chi connectivity index (χ1v) is 10.5. The summed E-state index contributed by atoms with van der Waals surface area (Å²) in [5.74, 6) is 0.483. The Hall–Kier alpha value is -3.92. The number of carbonyl (C=O) groups excluding carboxylic acids is 1. The number of likely N-dealkylation sites (tertiary alicyclic amines) is 1. The molecule has 1 saturated heterocycles. The van der Waals surface area contributed by atoms with Gasteiger partial charge < -0.3 is 13.9 Å². The molecule has 1 fully saturated rings. The molecule has 7 heteroatoms. The van der Waals surface area contributed by atoms with Gasteiger partial charge in [-0.2, -0.15) is 5.26 Å². The Balaban J connectivity index is 1.37. The molecule has 2 aliphatic heterocycles. The number of carbonyl (C=O) groups is 1. The summed E-state index contributed by atoms with van der Waals surface area (Å²) in [6.07, 6.45) is 2.37. The highest BCUT2D eigenvalue weighted by Crippen LogP contribution is 2.35. The predicted octanol–water partition coefficient (Wildman–Crippen LogP) is 3.80. The van der Waals surface area contributed by atoms with Gasteiger partial charge >= 0.3 is 0 Å². The van der Waals surface area contributed by atoms with Crippen molar-refractivity contribution in [2.45, 2.75) is 18.9 Å². The Bertz CT molecular complexity index is 1310. The zero-order chi connectivity index (χ0) is 22.2. The highest BCUT2D eigenvalue weighted by atomic mass is 19.1. The molecule has 2 aromatic heterocycles. The lowest BCUT2D eigenvalue weighted by molar-refractivity contribution is -0.129. The van der Waals surface area contributed by atoms with Gasteiger partial charge in [0.15, 0.2) is 0 Å². The van der Waals surface area contributed by atoms with Gasteiger partial charge in [-0.3, -0.25) is 9.59 Å². The number of piperidine rings is 1. The molecule has 2 unspecified atom stereocenters. The molecule has 2 atom stereocenters. The van der Waals surface area contributed by atoms with Crippen molar-refractivity contribution in [3.63, 3.8) is 0 Å². The smallest absolute Gasteiger partial charge is 0.264 e. The van der Waals surface area contributed by atoms with E-state index in [1.807, 2.05) is 16.7 Å². The maximum absolute atomic E-state index is 13.1. The van der Waals surface area contributed by atoms with E-state index in [4.69, 9.17) is 4.42 Å². The molecule has 32 heavy (non-hydrogen) atoms. The van der Waals surface area contributed by atoms with E-state index in [1.54, 1.807) is 41.3 Å². The van der Waals surface area contributed by atoms with Gasteiger partial charge in [0.2, 0.25) is 0 Å². The molecule has 6 nitrogen and oxygen atoms in total. The van der Waals surface area contributed by atoms with Crippen molar-refractivity contribution in [1.82, 2.24) is 9.47 Å². The molecule has 3 aromatic rings. The summed E-state index contributed by atoms with van der Waals surface area (Å²) in [4.78, 5) is 27.0. The van der Waals surface area contributed by atoms with E-state index in [2.05, 4.69) is 0 Å². The van der Waals surface area contributed by atoms with Crippen LogP contribution in [0.4, 0.5) is 4.39 Å². The summed E-state index contributed by atoms with van der Waals surface area (Å²) in [6, 6.07) is 16.6. The average molecular weight is 429 g/mol. The van der Waals surface area contributed by atoms with E-state index in [-0.39, 0.29) is 34.7 Å². The first-order valence-electron chi connectivity index (χ1n) is 10.5. The number of halogens is 1. The molecule has 5 rings (SSSR count). The zero-order valence-corrected chi connectivity index (χ0v) is 17.2. The summed E-state index contributed by atoms with van der Waals surface area (Å²) in [6.45, 7) is 1.56. The molecule has 0 spiro atoms. The third kappa shape index (κ3) is 3.65. The van der Waals surface area contributed by atoms with Crippen molar-refractivity contribution in [3.8, 4) is 17.4 Å². The van der Waals surface area contributed by atoms with Crippen molar-refractivity contribution < 1.29 is 13.6 Å². The Morgan fingerprint density at radius 1 is 1.09 bits per heavy atom. The molecule has 2 bridgehead atoms. The number of rotatable bonds is 3. The van der Waals surface area contributed by atoms with Gasteiger partial charge in [0.1, 0.15) is 29.0 Å². The fourth-order valence-electron chi connectivity index (χ4n) is 4.72. The first kappa shape index (κ1) is 20.0. The summed E-state index contributed by atoms with van der Waals surface area (Å²) in [5.41, 5.74) is 1.64. The minimum absolute atomic E-state index is 0.00423. The van der Waals surface area contributed by atoms with E-state index in [1.165, 1.54) is 18.2 Å². The fourth-order valence-corrected chi connectivity index (χ4v) is 4.72. The lowest BCUT2D eigenvalue weighted by Crippen LogP contribution is -2.49. The Kier molecular flexibility index (Phi) is 4.98. The number of hydrogen-bond donors (Lipinski definition) is 0. The maximum Gasteiger partial charge on any atom is 0.264 e. The molecule has 160 valence electrons. The van der Waals surface area contributed by atoms with Gasteiger partial charge in [-0.05, 0) is 54.8 Å². The molecule has 0 saturated carbocycles. The average Bonchev–Trinajstić information content (AvgIpc) is 3.27. The monoisotopic (exact) mass is 429 g/mol. The molecule has 1 amide bonds. The normalized spacial score (nSPS) is 19.9. The molecular formula is C25H20FN3O3. The Labute approximate surface area is 183 Å². The van der Waals surface area contributed by atoms with Crippen molar-refractivity contribution in [1.29, 1.82) is 5.26 Å². The van der Waals surface area contributed by atoms with E-state index < -0.39 is 0 Å². The number of amides is 1. The van der Waals surface area contributed by atoms with Crippen molar-refractivity contribution in [2.75, 3.05) is 13.1 Å². The summed E-state index contributed by atoms with van der Waals surface area (Å²) < 4.78 is 20.7. The van der Waals surface area contributed by atoms with Crippen molar-refractivity contribution >= 4 is 12.0 Å². The lowest BCUT2D eigenvalue weighted by atomic mass is 9.83. The number of hydrogen-bond acceptors (Lipinski definition) is 4. The van der Waals surface area contributed by atoms with Crippen LogP contribution in [0.3, 0.4) is 0 Å².